The van der Waals surface area contributed by atoms with E-state index in [0.717, 1.165) is 16.7 Å². The number of hydrogen-bond acceptors (Lipinski definition) is 3. The first-order valence-corrected chi connectivity index (χ1v) is 8.29. The summed E-state index contributed by atoms with van der Waals surface area (Å²) in [6.07, 6.45) is 1.68. The minimum Gasteiger partial charge on any atom is -0.478 e. The van der Waals surface area contributed by atoms with Gasteiger partial charge in [-0.3, -0.25) is 4.79 Å². The van der Waals surface area contributed by atoms with Crippen molar-refractivity contribution in [2.75, 3.05) is 6.61 Å². The summed E-state index contributed by atoms with van der Waals surface area (Å²) in [5.41, 5.74) is 3.44. The maximum atomic E-state index is 12.7. The predicted molar refractivity (Wildman–Crippen MR) is 98.5 cm³/mol. The second-order valence-electron chi connectivity index (χ2n) is 5.49. The number of benzene rings is 2. The van der Waals surface area contributed by atoms with Crippen LogP contribution in [0.3, 0.4) is 0 Å². The van der Waals surface area contributed by atoms with Crippen LogP contribution in [-0.2, 0) is 6.54 Å². The smallest absolute Gasteiger partial charge is 0.252 e. The lowest BCUT2D eigenvalue weighted by molar-refractivity contribution is 0.0951. The van der Waals surface area contributed by atoms with Gasteiger partial charge in [0.15, 0.2) is 0 Å². The molecule has 0 bridgehead atoms. The molecule has 1 amide bonds. The fraction of sp³-hybridized carbons (Fsp3) is 0.143. The summed E-state index contributed by atoms with van der Waals surface area (Å²) >= 11 is 0. The van der Waals surface area contributed by atoms with Gasteiger partial charge in [-0.05, 0) is 30.2 Å². The zero-order valence-electron chi connectivity index (χ0n) is 14.1. The number of nitrogens with zero attached hydrogens (tertiary/aromatic N) is 1. The first kappa shape index (κ1) is 16.7. The van der Waals surface area contributed by atoms with Crippen LogP contribution in [0.4, 0.5) is 0 Å². The Morgan fingerprint density at radius 1 is 1.00 bits per heavy atom. The molecule has 4 nitrogen and oxygen atoms in total. The standard InChI is InChI=1S/C21H20N2O2/c1-2-25-21-17(11-8-14-22-21)15-23-20(24)19-13-7-6-12-18(19)16-9-4-3-5-10-16/h3-14H,2,15H2,1H3,(H,23,24). The molecular formula is C21H20N2O2. The van der Waals surface area contributed by atoms with Crippen molar-refractivity contribution in [3.05, 3.63) is 84.1 Å². The molecule has 4 heteroatoms. The van der Waals surface area contributed by atoms with E-state index in [1.165, 1.54) is 0 Å². The van der Waals surface area contributed by atoms with Gasteiger partial charge in [-0.1, -0.05) is 54.6 Å². The van der Waals surface area contributed by atoms with Gasteiger partial charge in [-0.15, -0.1) is 0 Å². The Labute approximate surface area is 147 Å². The van der Waals surface area contributed by atoms with Crippen molar-refractivity contribution in [3.8, 4) is 17.0 Å². The lowest BCUT2D eigenvalue weighted by atomic mass is 9.99. The van der Waals surface area contributed by atoms with E-state index in [9.17, 15) is 4.79 Å². The van der Waals surface area contributed by atoms with E-state index >= 15 is 0 Å². The minimum atomic E-state index is -0.120. The van der Waals surface area contributed by atoms with Crippen molar-refractivity contribution >= 4 is 5.91 Å². The molecule has 0 atom stereocenters. The van der Waals surface area contributed by atoms with Crippen LogP contribution in [0.1, 0.15) is 22.8 Å². The summed E-state index contributed by atoms with van der Waals surface area (Å²) < 4.78 is 5.51. The van der Waals surface area contributed by atoms with Crippen molar-refractivity contribution < 1.29 is 9.53 Å². The van der Waals surface area contributed by atoms with Crippen LogP contribution in [0.25, 0.3) is 11.1 Å². The lowest BCUT2D eigenvalue weighted by Crippen LogP contribution is -2.24. The molecule has 1 aromatic heterocycles. The highest BCUT2D eigenvalue weighted by Gasteiger charge is 2.13. The Hall–Kier alpha value is -3.14. The maximum absolute atomic E-state index is 12.7. The largest absolute Gasteiger partial charge is 0.478 e. The molecule has 0 unspecified atom stereocenters. The number of ether oxygens (including phenoxy) is 1. The SMILES string of the molecule is CCOc1ncccc1CNC(=O)c1ccccc1-c1ccccc1. The van der Waals surface area contributed by atoms with Crippen LogP contribution >= 0.6 is 0 Å². The topological polar surface area (TPSA) is 51.2 Å². The van der Waals surface area contributed by atoms with E-state index < -0.39 is 0 Å². The van der Waals surface area contributed by atoms with E-state index in [1.54, 1.807) is 6.20 Å². The van der Waals surface area contributed by atoms with Gasteiger partial charge in [0.25, 0.3) is 5.91 Å². The molecule has 3 rings (SSSR count). The Bertz CT molecular complexity index is 847. The third kappa shape index (κ3) is 4.04. The minimum absolute atomic E-state index is 0.120. The predicted octanol–water partition coefficient (Wildman–Crippen LogP) is 4.08. The van der Waals surface area contributed by atoms with Gasteiger partial charge in [0, 0.05) is 23.9 Å². The van der Waals surface area contributed by atoms with Crippen molar-refractivity contribution in [2.24, 2.45) is 0 Å². The van der Waals surface area contributed by atoms with Crippen molar-refractivity contribution in [1.29, 1.82) is 0 Å². The highest BCUT2D eigenvalue weighted by atomic mass is 16.5. The van der Waals surface area contributed by atoms with Crippen molar-refractivity contribution in [2.45, 2.75) is 13.5 Å². The average Bonchev–Trinajstić information content (AvgIpc) is 2.68. The van der Waals surface area contributed by atoms with Crippen LogP contribution in [0, 0.1) is 0 Å². The molecule has 0 radical (unpaired) electrons. The number of amides is 1. The number of rotatable bonds is 6. The van der Waals surface area contributed by atoms with Gasteiger partial charge in [-0.25, -0.2) is 4.98 Å². The zero-order valence-corrected chi connectivity index (χ0v) is 14.1. The monoisotopic (exact) mass is 332 g/mol. The maximum Gasteiger partial charge on any atom is 0.252 e. The van der Waals surface area contributed by atoms with Crippen LogP contribution < -0.4 is 10.1 Å². The van der Waals surface area contributed by atoms with E-state index in [-0.39, 0.29) is 5.91 Å². The second kappa shape index (κ2) is 8.11. The second-order valence-corrected chi connectivity index (χ2v) is 5.49. The van der Waals surface area contributed by atoms with Crippen LogP contribution in [0.5, 0.6) is 5.88 Å². The van der Waals surface area contributed by atoms with Gasteiger partial charge >= 0.3 is 0 Å². The molecule has 1 heterocycles. The Balaban J connectivity index is 1.79. The first-order valence-electron chi connectivity index (χ1n) is 8.29. The van der Waals surface area contributed by atoms with Crippen molar-refractivity contribution in [3.63, 3.8) is 0 Å². The number of pyridine rings is 1. The number of nitrogens with one attached hydrogen (secondary N) is 1. The molecule has 2 aromatic carbocycles. The lowest BCUT2D eigenvalue weighted by Gasteiger charge is -2.12. The average molecular weight is 332 g/mol. The molecule has 0 fully saturated rings. The van der Waals surface area contributed by atoms with Gasteiger partial charge in [0.1, 0.15) is 0 Å². The summed E-state index contributed by atoms with van der Waals surface area (Å²) in [5.74, 6) is 0.437. The van der Waals surface area contributed by atoms with Crippen LogP contribution in [-0.4, -0.2) is 17.5 Å². The highest BCUT2D eigenvalue weighted by Crippen LogP contribution is 2.23. The summed E-state index contributed by atoms with van der Waals surface area (Å²) in [6, 6.07) is 21.2. The van der Waals surface area contributed by atoms with E-state index in [0.29, 0.717) is 24.6 Å². The van der Waals surface area contributed by atoms with Crippen LogP contribution in [0.2, 0.25) is 0 Å². The fourth-order valence-corrected chi connectivity index (χ4v) is 2.65. The molecular weight excluding hydrogens is 312 g/mol. The number of hydrogen-bond donors (Lipinski definition) is 1. The fourth-order valence-electron chi connectivity index (χ4n) is 2.65. The molecule has 0 aliphatic rings. The number of carbonyl (C=O) groups is 1. The number of carbonyl (C=O) groups excluding carboxylic acids is 1. The van der Waals surface area contributed by atoms with E-state index in [4.69, 9.17) is 4.74 Å². The third-order valence-electron chi connectivity index (χ3n) is 3.83. The van der Waals surface area contributed by atoms with Crippen LogP contribution in [0.15, 0.2) is 72.9 Å². The number of aromatic nitrogens is 1. The molecule has 0 saturated heterocycles. The molecule has 126 valence electrons. The zero-order chi connectivity index (χ0) is 17.5. The molecule has 0 aliphatic carbocycles. The molecule has 0 saturated carbocycles. The third-order valence-corrected chi connectivity index (χ3v) is 3.83. The Morgan fingerprint density at radius 2 is 1.76 bits per heavy atom. The highest BCUT2D eigenvalue weighted by molar-refractivity contribution is 6.00. The summed E-state index contributed by atoms with van der Waals surface area (Å²) in [4.78, 5) is 16.9. The quantitative estimate of drug-likeness (QED) is 0.740. The first-order chi connectivity index (χ1) is 12.3. The van der Waals surface area contributed by atoms with Crippen molar-refractivity contribution in [1.82, 2.24) is 10.3 Å². The van der Waals surface area contributed by atoms with E-state index in [1.807, 2.05) is 73.7 Å². The van der Waals surface area contributed by atoms with Gasteiger partial charge < -0.3 is 10.1 Å². The Kier molecular flexibility index (Phi) is 5.42. The molecule has 0 aliphatic heterocycles. The molecule has 1 N–H and O–H groups in total. The molecule has 3 aromatic rings. The van der Waals surface area contributed by atoms with Gasteiger partial charge in [0.05, 0.1) is 6.61 Å². The Morgan fingerprint density at radius 3 is 2.56 bits per heavy atom. The van der Waals surface area contributed by atoms with Gasteiger partial charge in [-0.2, -0.15) is 0 Å². The molecule has 25 heavy (non-hydrogen) atoms. The summed E-state index contributed by atoms with van der Waals surface area (Å²) in [7, 11) is 0. The van der Waals surface area contributed by atoms with E-state index in [2.05, 4.69) is 10.3 Å². The summed E-state index contributed by atoms with van der Waals surface area (Å²) in [5, 5.41) is 2.97. The normalized spacial score (nSPS) is 10.3. The van der Waals surface area contributed by atoms with Gasteiger partial charge in [0.2, 0.25) is 5.88 Å². The summed E-state index contributed by atoms with van der Waals surface area (Å²) in [6.45, 7) is 2.81. The molecule has 0 spiro atoms.